The molecule has 0 bridgehead atoms. The average molecular weight is 323 g/mol. The molecular formula is C19H11F2NO2. The number of amides is 1. The minimum atomic E-state index is -1.02. The van der Waals surface area contributed by atoms with E-state index in [0.717, 1.165) is 11.1 Å². The Morgan fingerprint density at radius 3 is 2.42 bits per heavy atom. The maximum Gasteiger partial charge on any atom is 0.259 e. The molecule has 0 saturated carbocycles. The van der Waals surface area contributed by atoms with Crippen molar-refractivity contribution >= 4 is 17.2 Å². The summed E-state index contributed by atoms with van der Waals surface area (Å²) in [5, 5.41) is 10.7. The van der Waals surface area contributed by atoms with Crippen LogP contribution < -0.4 is 0 Å². The number of nitrogens with zero attached hydrogens (tertiary/aromatic N) is 1. The van der Waals surface area contributed by atoms with Crippen molar-refractivity contribution in [3.05, 3.63) is 82.4 Å². The third kappa shape index (κ3) is 1.55. The fourth-order valence-electron chi connectivity index (χ4n) is 3.91. The number of aliphatic hydroxyl groups excluding tert-OH is 1. The first-order valence-corrected chi connectivity index (χ1v) is 7.59. The largest absolute Gasteiger partial charge is 0.386 e. The summed E-state index contributed by atoms with van der Waals surface area (Å²) in [5.74, 6) is -1.26. The molecule has 2 aliphatic heterocycles. The van der Waals surface area contributed by atoms with Crippen LogP contribution in [-0.2, 0) is 0 Å². The predicted molar refractivity (Wildman–Crippen MR) is 83.7 cm³/mol. The van der Waals surface area contributed by atoms with Gasteiger partial charge in [-0.2, -0.15) is 0 Å². The fraction of sp³-hybridized carbons (Fsp3) is 0.105. The monoisotopic (exact) mass is 323 g/mol. The molecule has 2 aromatic rings. The SMILES string of the molecule is O=C1c2cc(F)ccc2C2=CC=C3c4ccc(F)cc4[C@@H](O)[C@@H]3N12. The van der Waals surface area contributed by atoms with Crippen molar-refractivity contribution in [2.75, 3.05) is 0 Å². The molecule has 1 N–H and O–H groups in total. The number of hydrogen-bond donors (Lipinski definition) is 1. The van der Waals surface area contributed by atoms with Gasteiger partial charge in [-0.05, 0) is 53.1 Å². The minimum Gasteiger partial charge on any atom is -0.386 e. The van der Waals surface area contributed by atoms with E-state index in [1.165, 1.54) is 29.2 Å². The third-order valence-corrected chi connectivity index (χ3v) is 4.93. The van der Waals surface area contributed by atoms with Crippen molar-refractivity contribution in [2.45, 2.75) is 12.1 Å². The molecule has 5 heteroatoms. The Morgan fingerprint density at radius 2 is 1.62 bits per heavy atom. The second kappa shape index (κ2) is 4.39. The van der Waals surface area contributed by atoms with E-state index >= 15 is 0 Å². The zero-order chi connectivity index (χ0) is 16.6. The Bertz CT molecular complexity index is 993. The molecule has 0 saturated heterocycles. The van der Waals surface area contributed by atoms with Gasteiger partial charge in [-0.15, -0.1) is 0 Å². The lowest BCUT2D eigenvalue weighted by atomic mass is 9.99. The zero-order valence-corrected chi connectivity index (χ0v) is 12.3. The second-order valence-corrected chi connectivity index (χ2v) is 6.16. The lowest BCUT2D eigenvalue weighted by Crippen LogP contribution is -2.38. The van der Waals surface area contributed by atoms with Crippen LogP contribution in [-0.4, -0.2) is 22.0 Å². The van der Waals surface area contributed by atoms with Gasteiger partial charge in [0, 0.05) is 5.56 Å². The van der Waals surface area contributed by atoms with Crippen LogP contribution in [0.3, 0.4) is 0 Å². The molecule has 3 aliphatic rings. The molecule has 2 heterocycles. The number of benzene rings is 2. The number of fused-ring (bicyclic) bond motifs is 7. The van der Waals surface area contributed by atoms with Crippen molar-refractivity contribution in [3.63, 3.8) is 0 Å². The lowest BCUT2D eigenvalue weighted by Gasteiger charge is -2.32. The second-order valence-electron chi connectivity index (χ2n) is 6.16. The van der Waals surface area contributed by atoms with Crippen LogP contribution in [0.5, 0.6) is 0 Å². The van der Waals surface area contributed by atoms with Crippen LogP contribution >= 0.6 is 0 Å². The summed E-state index contributed by atoms with van der Waals surface area (Å²) in [5.41, 5.74) is 3.53. The first-order valence-electron chi connectivity index (χ1n) is 7.59. The average Bonchev–Trinajstić information content (AvgIpc) is 3.01. The van der Waals surface area contributed by atoms with Crippen molar-refractivity contribution < 1.29 is 18.7 Å². The Hall–Kier alpha value is -2.79. The summed E-state index contributed by atoms with van der Waals surface area (Å²) in [6.45, 7) is 0. The van der Waals surface area contributed by atoms with Gasteiger partial charge in [-0.1, -0.05) is 12.1 Å². The lowest BCUT2D eigenvalue weighted by molar-refractivity contribution is 0.0688. The van der Waals surface area contributed by atoms with Gasteiger partial charge in [0.1, 0.15) is 17.7 Å². The van der Waals surface area contributed by atoms with Crippen LogP contribution in [0, 0.1) is 11.6 Å². The van der Waals surface area contributed by atoms with Crippen molar-refractivity contribution in [2.24, 2.45) is 0 Å². The van der Waals surface area contributed by atoms with Gasteiger partial charge >= 0.3 is 0 Å². The molecule has 0 unspecified atom stereocenters. The van der Waals surface area contributed by atoms with Crippen LogP contribution in [0.2, 0.25) is 0 Å². The Balaban J connectivity index is 1.71. The van der Waals surface area contributed by atoms with E-state index in [0.29, 0.717) is 16.8 Å². The smallest absolute Gasteiger partial charge is 0.259 e. The van der Waals surface area contributed by atoms with Gasteiger partial charge in [-0.25, -0.2) is 8.78 Å². The highest BCUT2D eigenvalue weighted by molar-refractivity contribution is 6.12. The van der Waals surface area contributed by atoms with E-state index in [-0.39, 0.29) is 11.5 Å². The quantitative estimate of drug-likeness (QED) is 0.808. The molecule has 24 heavy (non-hydrogen) atoms. The molecule has 0 spiro atoms. The van der Waals surface area contributed by atoms with Crippen LogP contribution in [0.15, 0.2) is 48.6 Å². The van der Waals surface area contributed by atoms with Crippen molar-refractivity contribution in [1.82, 2.24) is 4.90 Å². The number of aliphatic hydroxyl groups is 1. The van der Waals surface area contributed by atoms with E-state index in [2.05, 4.69) is 0 Å². The van der Waals surface area contributed by atoms with E-state index in [1.807, 2.05) is 6.08 Å². The van der Waals surface area contributed by atoms with E-state index in [1.54, 1.807) is 18.2 Å². The van der Waals surface area contributed by atoms with Crippen LogP contribution in [0.4, 0.5) is 8.78 Å². The van der Waals surface area contributed by atoms with Gasteiger partial charge in [-0.3, -0.25) is 9.69 Å². The summed E-state index contributed by atoms with van der Waals surface area (Å²) >= 11 is 0. The molecule has 3 nitrogen and oxygen atoms in total. The molecule has 2 aromatic carbocycles. The highest BCUT2D eigenvalue weighted by Crippen LogP contribution is 2.50. The third-order valence-electron chi connectivity index (χ3n) is 4.93. The van der Waals surface area contributed by atoms with Crippen LogP contribution in [0.25, 0.3) is 11.3 Å². The minimum absolute atomic E-state index is 0.283. The predicted octanol–water partition coefficient (Wildman–Crippen LogP) is 3.27. The Morgan fingerprint density at radius 1 is 0.917 bits per heavy atom. The van der Waals surface area contributed by atoms with Gasteiger partial charge in [0.25, 0.3) is 5.91 Å². The summed E-state index contributed by atoms with van der Waals surface area (Å²) in [4.78, 5) is 14.3. The van der Waals surface area contributed by atoms with E-state index < -0.39 is 23.8 Å². The number of rotatable bonds is 0. The molecule has 0 aromatic heterocycles. The van der Waals surface area contributed by atoms with E-state index in [4.69, 9.17) is 0 Å². The highest BCUT2D eigenvalue weighted by atomic mass is 19.1. The number of halogens is 2. The van der Waals surface area contributed by atoms with Gasteiger partial charge in [0.15, 0.2) is 0 Å². The van der Waals surface area contributed by atoms with Gasteiger partial charge in [0.2, 0.25) is 0 Å². The summed E-state index contributed by atoms with van der Waals surface area (Å²) in [6, 6.07) is 7.73. The Kier molecular flexibility index (Phi) is 2.49. The molecule has 0 radical (unpaired) electrons. The highest BCUT2D eigenvalue weighted by Gasteiger charge is 2.47. The molecule has 118 valence electrons. The normalized spacial score (nSPS) is 23.3. The molecule has 5 rings (SSSR count). The number of carbonyl (C=O) groups is 1. The Labute approximate surface area is 136 Å². The van der Waals surface area contributed by atoms with Gasteiger partial charge in [0.05, 0.1) is 17.3 Å². The summed E-state index contributed by atoms with van der Waals surface area (Å²) in [7, 11) is 0. The number of hydrogen-bond acceptors (Lipinski definition) is 2. The number of allylic oxidation sites excluding steroid dienone is 2. The zero-order valence-electron chi connectivity index (χ0n) is 12.3. The number of carbonyl (C=O) groups excluding carboxylic acids is 1. The van der Waals surface area contributed by atoms with Crippen molar-refractivity contribution in [1.29, 1.82) is 0 Å². The molecule has 2 atom stereocenters. The standard InChI is InChI=1S/C19H11F2NO2/c20-9-1-3-11-13-5-6-16-12-4-2-10(21)8-15(12)19(24)22(16)17(13)18(23)14(11)7-9/h1-8,17-18,23H/t17-,18-/m1/s1. The first kappa shape index (κ1) is 13.6. The maximum atomic E-state index is 13.6. The molecule has 1 amide bonds. The van der Waals surface area contributed by atoms with Crippen LogP contribution in [0.1, 0.15) is 33.2 Å². The van der Waals surface area contributed by atoms with Crippen molar-refractivity contribution in [3.8, 4) is 0 Å². The molecule has 1 aliphatic carbocycles. The summed E-state index contributed by atoms with van der Waals surface area (Å²) < 4.78 is 27.1. The summed E-state index contributed by atoms with van der Waals surface area (Å²) in [6.07, 6.45) is 2.61. The molecular weight excluding hydrogens is 312 g/mol. The van der Waals surface area contributed by atoms with Gasteiger partial charge < -0.3 is 5.11 Å². The topological polar surface area (TPSA) is 40.5 Å². The first-order chi connectivity index (χ1) is 11.6. The fourth-order valence-corrected chi connectivity index (χ4v) is 3.91. The molecule has 0 fully saturated rings. The maximum absolute atomic E-state index is 13.6. The van der Waals surface area contributed by atoms with E-state index in [9.17, 15) is 18.7 Å².